The van der Waals surface area contributed by atoms with Crippen molar-refractivity contribution in [3.63, 3.8) is 0 Å². The highest BCUT2D eigenvalue weighted by atomic mass is 16.5. The average Bonchev–Trinajstić information content (AvgIpc) is 4.04. The SMILES string of the molecule is CCn1c(-c2cccnc2[C@H](C)OC)c2c3cc(ccc31)-c1cc(O)cc(c1)C[C@H](NC(=O)C(C(C)C)N(C)C(=O)CN(C)C(=O)[C@H]1CN1CC1COC1)C(=O)N1CCC[C@H](N1)C(=O)OCC(C)(C)C2. The van der Waals surface area contributed by atoms with E-state index in [0.717, 1.165) is 45.5 Å². The predicted molar refractivity (Wildman–Crippen MR) is 264 cm³/mol. The summed E-state index contributed by atoms with van der Waals surface area (Å²) in [6.07, 6.45) is 2.93. The molecule has 70 heavy (non-hydrogen) atoms. The first kappa shape index (κ1) is 50.5. The molecule has 4 aromatic rings. The number of carbonyl (C=O) groups is 5. The number of aromatic hydroxyl groups is 1. The van der Waals surface area contributed by atoms with Crippen LogP contribution in [-0.4, -0.2) is 155 Å². The van der Waals surface area contributed by atoms with Crippen LogP contribution in [-0.2, 0) is 57.6 Å². The van der Waals surface area contributed by atoms with Crippen molar-refractivity contribution in [1.29, 1.82) is 0 Å². The number of carbonyl (C=O) groups excluding carboxylic acids is 5. The van der Waals surface area contributed by atoms with Crippen LogP contribution in [0.5, 0.6) is 5.75 Å². The smallest absolute Gasteiger partial charge is 0.324 e. The maximum atomic E-state index is 14.8. The summed E-state index contributed by atoms with van der Waals surface area (Å²) < 4.78 is 19.5. The van der Waals surface area contributed by atoms with E-state index in [0.29, 0.717) is 62.6 Å². The minimum Gasteiger partial charge on any atom is -0.508 e. The number of methoxy groups -OCH3 is 1. The molecule has 6 bridgehead atoms. The Balaban J connectivity index is 1.13. The van der Waals surface area contributed by atoms with Gasteiger partial charge in [0.1, 0.15) is 29.9 Å². The van der Waals surface area contributed by atoms with Crippen LogP contribution in [0.3, 0.4) is 0 Å². The summed E-state index contributed by atoms with van der Waals surface area (Å²) in [6.45, 7) is 15.5. The Hall–Kier alpha value is -5.88. The van der Waals surface area contributed by atoms with Crippen molar-refractivity contribution in [1.82, 2.24) is 40.0 Å². The summed E-state index contributed by atoms with van der Waals surface area (Å²) in [5.74, 6) is -2.09. The zero-order valence-electron chi connectivity index (χ0n) is 42.1. The molecule has 2 aromatic carbocycles. The van der Waals surface area contributed by atoms with E-state index in [1.807, 2.05) is 39.0 Å². The van der Waals surface area contributed by atoms with Crippen LogP contribution in [0.15, 0.2) is 54.7 Å². The molecule has 3 fully saturated rings. The quantitative estimate of drug-likeness (QED) is 0.124. The Morgan fingerprint density at radius 3 is 2.53 bits per heavy atom. The number of amides is 4. The lowest BCUT2D eigenvalue weighted by Crippen LogP contribution is -2.62. The molecule has 4 aliphatic heterocycles. The topological polar surface area (TPSA) is 188 Å². The van der Waals surface area contributed by atoms with Crippen molar-refractivity contribution in [3.8, 4) is 28.1 Å². The van der Waals surface area contributed by atoms with Crippen LogP contribution in [0.25, 0.3) is 33.3 Å². The number of phenolic OH excluding ortho intramolecular Hbond substituents is 1. The first-order valence-electron chi connectivity index (χ1n) is 24.7. The van der Waals surface area contributed by atoms with E-state index < -0.39 is 47.2 Å². The van der Waals surface area contributed by atoms with Gasteiger partial charge in [0.2, 0.25) is 17.7 Å². The Morgan fingerprint density at radius 1 is 1.06 bits per heavy atom. The van der Waals surface area contributed by atoms with Gasteiger partial charge in [0.15, 0.2) is 0 Å². The van der Waals surface area contributed by atoms with E-state index in [1.54, 1.807) is 32.5 Å². The standard InChI is InChI=1S/C53H70N8O9/c1-10-60-43-16-15-35-23-39(43)40(48(60)38-13-11-17-54-46(38)32(4)68-9)24-53(5,6)30-70-52(67)41-14-12-18-61(56-41)50(65)42(21-33-19-36(35)22-37(62)20-33)55-49(64)47(31(2)3)58(8)45(63)27-57(7)51(66)44-26-59(44)25-34-28-69-29-34/h11,13,15-17,19-20,22-23,31-32,34,41-42,44,47,56,62H,10,12,14,18,21,24-30H2,1-9H3,(H,55,64)/t32-,41-,42-,44+,47?,59?/m0/s1. The van der Waals surface area contributed by atoms with E-state index >= 15 is 0 Å². The minimum absolute atomic E-state index is 0.0180. The fourth-order valence-corrected chi connectivity index (χ4v) is 10.4. The summed E-state index contributed by atoms with van der Waals surface area (Å²) >= 11 is 0. The minimum atomic E-state index is -1.18. The first-order valence-corrected chi connectivity index (χ1v) is 24.7. The van der Waals surface area contributed by atoms with Crippen LogP contribution in [0.4, 0.5) is 0 Å². The maximum Gasteiger partial charge on any atom is 0.324 e. The average molecular weight is 963 g/mol. The molecule has 4 aliphatic rings. The number of aromatic nitrogens is 2. The lowest BCUT2D eigenvalue weighted by Gasteiger charge is -2.37. The molecule has 4 amide bonds. The van der Waals surface area contributed by atoms with Gasteiger partial charge >= 0.3 is 5.97 Å². The van der Waals surface area contributed by atoms with Gasteiger partial charge in [-0.05, 0) is 97.7 Å². The third-order valence-electron chi connectivity index (χ3n) is 14.3. The van der Waals surface area contributed by atoms with Crippen molar-refractivity contribution < 1.29 is 43.3 Å². The number of nitrogens with zero attached hydrogens (tertiary/aromatic N) is 6. The summed E-state index contributed by atoms with van der Waals surface area (Å²) in [7, 11) is 4.81. The number of ether oxygens (including phenoxy) is 3. The molecule has 0 radical (unpaired) electrons. The molecule has 6 atom stereocenters. The molecule has 17 nitrogen and oxygen atoms in total. The second kappa shape index (κ2) is 20.8. The third kappa shape index (κ3) is 10.7. The summed E-state index contributed by atoms with van der Waals surface area (Å²) in [5.41, 5.74) is 9.49. The van der Waals surface area contributed by atoms with Crippen LogP contribution in [0, 0.1) is 17.3 Å². The van der Waals surface area contributed by atoms with Gasteiger partial charge < -0.3 is 39.0 Å². The van der Waals surface area contributed by atoms with Crippen LogP contribution < -0.4 is 10.7 Å². The highest BCUT2D eigenvalue weighted by molar-refractivity contribution is 5.96. The van der Waals surface area contributed by atoms with Crippen molar-refractivity contribution in [3.05, 3.63) is 71.5 Å². The molecule has 0 aliphatic carbocycles. The second-order valence-electron chi connectivity index (χ2n) is 20.8. The summed E-state index contributed by atoms with van der Waals surface area (Å²) in [4.78, 5) is 80.1. The number of nitrogens with one attached hydrogen (secondary N) is 2. The predicted octanol–water partition coefficient (Wildman–Crippen LogP) is 4.72. The molecule has 3 saturated heterocycles. The molecule has 0 spiro atoms. The second-order valence-corrected chi connectivity index (χ2v) is 20.8. The first-order chi connectivity index (χ1) is 33.4. The van der Waals surface area contributed by atoms with Gasteiger partial charge in [-0.15, -0.1) is 0 Å². The molecule has 8 rings (SSSR count). The number of rotatable bonds is 13. The van der Waals surface area contributed by atoms with Gasteiger partial charge in [-0.25, -0.2) is 5.43 Å². The van der Waals surface area contributed by atoms with Crippen LogP contribution in [0.1, 0.15) is 77.3 Å². The summed E-state index contributed by atoms with van der Waals surface area (Å²) in [6, 6.07) is 12.1. The summed E-state index contributed by atoms with van der Waals surface area (Å²) in [5, 5.41) is 16.7. The van der Waals surface area contributed by atoms with Crippen LogP contribution >= 0.6 is 0 Å². The Labute approximate surface area is 410 Å². The fourth-order valence-electron chi connectivity index (χ4n) is 10.4. The van der Waals surface area contributed by atoms with E-state index in [4.69, 9.17) is 19.2 Å². The van der Waals surface area contributed by atoms with Crippen molar-refractivity contribution >= 4 is 40.5 Å². The highest BCUT2D eigenvalue weighted by Crippen LogP contribution is 2.42. The third-order valence-corrected chi connectivity index (χ3v) is 14.3. The van der Waals surface area contributed by atoms with Crippen molar-refractivity contribution in [2.45, 2.75) is 104 Å². The lowest BCUT2D eigenvalue weighted by molar-refractivity contribution is -0.155. The van der Waals surface area contributed by atoms with E-state index in [2.05, 4.69) is 59.2 Å². The van der Waals surface area contributed by atoms with Gasteiger partial charge in [0, 0.05) is 87.8 Å². The molecule has 376 valence electrons. The number of likely N-dealkylation sites (N-methyl/N-ethyl adjacent to an activating group) is 2. The molecule has 3 N–H and O–H groups in total. The van der Waals surface area contributed by atoms with Gasteiger partial charge in [0.25, 0.3) is 5.91 Å². The number of phenols is 1. The maximum absolute atomic E-state index is 14.8. The number of benzene rings is 2. The van der Waals surface area contributed by atoms with E-state index in [-0.39, 0.29) is 55.8 Å². The lowest BCUT2D eigenvalue weighted by atomic mass is 9.84. The zero-order valence-corrected chi connectivity index (χ0v) is 42.1. The highest BCUT2D eigenvalue weighted by Gasteiger charge is 2.44. The number of fused-ring (bicyclic) bond motifs is 6. The fraction of sp³-hybridized carbons (Fsp3) is 0.547. The van der Waals surface area contributed by atoms with Crippen molar-refractivity contribution in [2.24, 2.45) is 17.3 Å². The molecule has 0 saturated carbocycles. The monoisotopic (exact) mass is 963 g/mol. The van der Waals surface area contributed by atoms with E-state index in [9.17, 15) is 29.1 Å². The molecule has 2 aromatic heterocycles. The molecule has 2 unspecified atom stereocenters. The normalized spacial score (nSPS) is 22.4. The molecular formula is C53H70N8O9. The van der Waals surface area contributed by atoms with Gasteiger partial charge in [-0.1, -0.05) is 39.8 Å². The Morgan fingerprint density at radius 2 is 1.83 bits per heavy atom. The Kier molecular flexibility index (Phi) is 15.0. The van der Waals surface area contributed by atoms with Gasteiger partial charge in [-0.3, -0.25) is 38.9 Å². The number of esters is 1. The molecule has 17 heteroatoms. The van der Waals surface area contributed by atoms with Crippen LogP contribution in [0.2, 0.25) is 0 Å². The largest absolute Gasteiger partial charge is 0.508 e. The number of cyclic esters (lactones) is 1. The number of hydrogen-bond donors (Lipinski definition) is 3. The number of pyridine rings is 1. The number of aryl methyl sites for hydroxylation is 1. The number of hydrazine groups is 1. The Bertz CT molecular complexity index is 2630. The number of hydrogen-bond acceptors (Lipinski definition) is 12. The van der Waals surface area contributed by atoms with Crippen molar-refractivity contribution in [2.75, 3.05) is 67.2 Å². The molecule has 6 heterocycles. The molecular weight excluding hydrogens is 893 g/mol. The zero-order chi connectivity index (χ0) is 50.2. The van der Waals surface area contributed by atoms with Gasteiger partial charge in [0.05, 0.1) is 43.9 Å². The van der Waals surface area contributed by atoms with Gasteiger partial charge in [-0.2, -0.15) is 0 Å². The van der Waals surface area contributed by atoms with E-state index in [1.165, 1.54) is 21.9 Å².